The molecular weight excluding hydrogens is 432 g/mol. The quantitative estimate of drug-likeness (QED) is 0.259. The molecule has 0 unspecified atom stereocenters. The number of hydrogen-bond donors (Lipinski definition) is 0. The summed E-state index contributed by atoms with van der Waals surface area (Å²) >= 11 is 9.62. The Bertz CT molecular complexity index is 1290. The number of rotatable bonds is 4. The van der Waals surface area contributed by atoms with Crippen molar-refractivity contribution in [3.63, 3.8) is 0 Å². The summed E-state index contributed by atoms with van der Waals surface area (Å²) < 4.78 is 1.78. The lowest BCUT2D eigenvalue weighted by Gasteiger charge is -2.14. The summed E-state index contributed by atoms with van der Waals surface area (Å²) in [5.74, 6) is 0.661. The molecule has 3 nitrogen and oxygen atoms in total. The molecule has 0 atom stereocenters. The Kier molecular flexibility index (Phi) is 5.44. The van der Waals surface area contributed by atoms with E-state index < -0.39 is 0 Å². The van der Waals surface area contributed by atoms with Crippen LogP contribution in [-0.2, 0) is 18.6 Å². The topological polar surface area (TPSA) is 34.9 Å². The maximum Gasteiger partial charge on any atom is 0.267 e. The highest BCUT2D eigenvalue weighted by atomic mass is 35.5. The van der Waals surface area contributed by atoms with E-state index in [2.05, 4.69) is 6.92 Å². The summed E-state index contributed by atoms with van der Waals surface area (Å²) in [6.45, 7) is 2.05. The molecule has 2 aromatic carbocycles. The van der Waals surface area contributed by atoms with E-state index in [-0.39, 0.29) is 5.56 Å². The molecule has 1 aliphatic carbocycles. The molecule has 0 saturated heterocycles. The highest BCUT2D eigenvalue weighted by Gasteiger charge is 2.23. The molecule has 30 heavy (non-hydrogen) atoms. The molecule has 0 spiro atoms. The van der Waals surface area contributed by atoms with Crippen molar-refractivity contribution in [1.82, 2.24) is 9.55 Å². The molecule has 2 aromatic heterocycles. The van der Waals surface area contributed by atoms with Crippen LogP contribution in [0.3, 0.4) is 0 Å². The predicted octanol–water partition coefficient (Wildman–Crippen LogP) is 6.58. The van der Waals surface area contributed by atoms with E-state index in [0.29, 0.717) is 5.75 Å². The average Bonchev–Trinajstić information content (AvgIpc) is 3.13. The highest BCUT2D eigenvalue weighted by Crippen LogP contribution is 2.36. The largest absolute Gasteiger partial charge is 0.268 e. The number of hydrogen-bond acceptors (Lipinski definition) is 4. The van der Waals surface area contributed by atoms with Crippen molar-refractivity contribution >= 4 is 44.9 Å². The first-order valence-electron chi connectivity index (χ1n) is 10.1. The van der Waals surface area contributed by atoms with Crippen LogP contribution in [0.25, 0.3) is 15.9 Å². The zero-order chi connectivity index (χ0) is 20.7. The first-order valence-corrected chi connectivity index (χ1v) is 12.3. The Balaban J connectivity index is 1.67. The van der Waals surface area contributed by atoms with E-state index in [0.717, 1.165) is 50.9 Å². The van der Waals surface area contributed by atoms with Gasteiger partial charge in [-0.2, -0.15) is 0 Å². The smallest absolute Gasteiger partial charge is 0.267 e. The lowest BCUT2D eigenvalue weighted by molar-refractivity contribution is 0.699. The van der Waals surface area contributed by atoms with E-state index in [1.807, 2.05) is 48.5 Å². The van der Waals surface area contributed by atoms with Crippen molar-refractivity contribution < 1.29 is 0 Å². The lowest BCUT2D eigenvalue weighted by atomic mass is 9.97. The van der Waals surface area contributed by atoms with Crippen LogP contribution in [0, 0.1) is 6.92 Å². The van der Waals surface area contributed by atoms with Gasteiger partial charge in [0.25, 0.3) is 5.56 Å². The van der Waals surface area contributed by atoms with E-state index in [1.165, 1.54) is 22.4 Å². The summed E-state index contributed by atoms with van der Waals surface area (Å²) in [5.41, 5.74) is 4.34. The fourth-order valence-corrected chi connectivity index (χ4v) is 6.56. The minimum atomic E-state index is 0.0462. The number of nitrogens with zero attached hydrogens (tertiary/aromatic N) is 2. The van der Waals surface area contributed by atoms with Gasteiger partial charge in [-0.3, -0.25) is 9.36 Å². The van der Waals surface area contributed by atoms with Gasteiger partial charge in [0, 0.05) is 15.7 Å². The van der Waals surface area contributed by atoms with Gasteiger partial charge in [-0.15, -0.1) is 11.3 Å². The van der Waals surface area contributed by atoms with Crippen molar-refractivity contribution in [2.45, 2.75) is 43.5 Å². The van der Waals surface area contributed by atoms with E-state index >= 15 is 0 Å². The standard InChI is InChI=1S/C24H21ClN2OS2/c1-15-10-12-17(13-11-15)27-23(28)21-18-7-3-5-9-20(18)30-22(21)26-24(27)29-14-16-6-2-4-8-19(16)25/h2,4,6,8,10-13H,3,5,7,9,14H2,1H3. The third kappa shape index (κ3) is 3.59. The summed E-state index contributed by atoms with van der Waals surface area (Å²) in [6, 6.07) is 15.9. The van der Waals surface area contributed by atoms with E-state index in [9.17, 15) is 4.79 Å². The van der Waals surface area contributed by atoms with Gasteiger partial charge in [-0.25, -0.2) is 4.98 Å². The molecule has 0 saturated carbocycles. The molecule has 0 amide bonds. The SMILES string of the molecule is Cc1ccc(-n2c(SCc3ccccc3Cl)nc3sc4c(c3c2=O)CCCC4)cc1. The van der Waals surface area contributed by atoms with Crippen LogP contribution < -0.4 is 5.56 Å². The van der Waals surface area contributed by atoms with Crippen LogP contribution in [-0.4, -0.2) is 9.55 Å². The fourth-order valence-electron chi connectivity index (χ4n) is 3.96. The van der Waals surface area contributed by atoms with Crippen molar-refractivity contribution in [3.05, 3.63) is 85.5 Å². The van der Waals surface area contributed by atoms with Crippen LogP contribution in [0.4, 0.5) is 0 Å². The minimum absolute atomic E-state index is 0.0462. The van der Waals surface area contributed by atoms with Gasteiger partial charge in [0.05, 0.1) is 11.1 Å². The second-order valence-electron chi connectivity index (χ2n) is 7.64. The van der Waals surface area contributed by atoms with Gasteiger partial charge in [-0.1, -0.05) is 59.3 Å². The molecule has 4 aromatic rings. The summed E-state index contributed by atoms with van der Waals surface area (Å²) in [5, 5.41) is 2.27. The second kappa shape index (κ2) is 8.22. The van der Waals surface area contributed by atoms with Crippen LogP contribution >= 0.6 is 34.7 Å². The molecule has 0 fully saturated rings. The number of fused-ring (bicyclic) bond motifs is 3. The van der Waals surface area contributed by atoms with Gasteiger partial charge in [0.2, 0.25) is 0 Å². The molecule has 1 aliphatic rings. The Labute approximate surface area is 188 Å². The number of thioether (sulfide) groups is 1. The van der Waals surface area contributed by atoms with Crippen LogP contribution in [0.5, 0.6) is 0 Å². The second-order valence-corrected chi connectivity index (χ2v) is 10.1. The Morgan fingerprint density at radius 2 is 1.87 bits per heavy atom. The third-order valence-electron chi connectivity index (χ3n) is 5.56. The zero-order valence-corrected chi connectivity index (χ0v) is 19.0. The van der Waals surface area contributed by atoms with Crippen LogP contribution in [0.1, 0.15) is 34.4 Å². The van der Waals surface area contributed by atoms with E-state index in [4.69, 9.17) is 16.6 Å². The lowest BCUT2D eigenvalue weighted by Crippen LogP contribution is -2.22. The van der Waals surface area contributed by atoms with Crippen molar-refractivity contribution in [2.75, 3.05) is 0 Å². The highest BCUT2D eigenvalue weighted by molar-refractivity contribution is 7.98. The maximum absolute atomic E-state index is 13.7. The van der Waals surface area contributed by atoms with Gasteiger partial charge < -0.3 is 0 Å². The van der Waals surface area contributed by atoms with Crippen molar-refractivity contribution in [1.29, 1.82) is 0 Å². The first-order chi connectivity index (χ1) is 14.6. The summed E-state index contributed by atoms with van der Waals surface area (Å²) in [6.07, 6.45) is 4.38. The van der Waals surface area contributed by atoms with Gasteiger partial charge >= 0.3 is 0 Å². The molecule has 2 heterocycles. The predicted molar refractivity (Wildman–Crippen MR) is 128 cm³/mol. The first kappa shape index (κ1) is 19.9. The van der Waals surface area contributed by atoms with Gasteiger partial charge in [0.1, 0.15) is 4.83 Å². The molecule has 0 radical (unpaired) electrons. The van der Waals surface area contributed by atoms with Gasteiger partial charge in [0.15, 0.2) is 5.16 Å². The summed E-state index contributed by atoms with van der Waals surface area (Å²) in [4.78, 5) is 20.9. The van der Waals surface area contributed by atoms with Gasteiger partial charge in [-0.05, 0) is 61.9 Å². The summed E-state index contributed by atoms with van der Waals surface area (Å²) in [7, 11) is 0. The van der Waals surface area contributed by atoms with Crippen LogP contribution in [0.15, 0.2) is 58.5 Å². The Morgan fingerprint density at radius 3 is 2.67 bits per heavy atom. The molecule has 0 aliphatic heterocycles. The molecule has 152 valence electrons. The molecule has 5 rings (SSSR count). The monoisotopic (exact) mass is 452 g/mol. The Hall–Kier alpha value is -2.08. The molecule has 6 heteroatoms. The maximum atomic E-state index is 13.7. The molecule has 0 bridgehead atoms. The van der Waals surface area contributed by atoms with E-state index in [1.54, 1.807) is 27.7 Å². The molecule has 0 N–H and O–H groups in total. The number of aromatic nitrogens is 2. The number of halogens is 1. The van der Waals surface area contributed by atoms with Crippen molar-refractivity contribution in [2.24, 2.45) is 0 Å². The average molecular weight is 453 g/mol. The van der Waals surface area contributed by atoms with Crippen molar-refractivity contribution in [3.8, 4) is 5.69 Å². The minimum Gasteiger partial charge on any atom is -0.268 e. The normalized spacial score (nSPS) is 13.5. The third-order valence-corrected chi connectivity index (χ3v) is 8.11. The zero-order valence-electron chi connectivity index (χ0n) is 16.7. The molecular formula is C24H21ClN2OS2. The fraction of sp³-hybridized carbons (Fsp3) is 0.250. The number of aryl methyl sites for hydroxylation is 3. The number of thiophene rings is 1. The number of benzene rings is 2. The Morgan fingerprint density at radius 1 is 1.10 bits per heavy atom. The van der Waals surface area contributed by atoms with Crippen LogP contribution in [0.2, 0.25) is 5.02 Å².